The third-order valence-electron chi connectivity index (χ3n) is 5.34. The molecule has 0 aliphatic heterocycles. The van der Waals surface area contributed by atoms with Crippen molar-refractivity contribution >= 4 is 17.4 Å². The Morgan fingerprint density at radius 2 is 1.39 bits per heavy atom. The van der Waals surface area contributed by atoms with Crippen molar-refractivity contribution < 1.29 is 19.4 Å². The van der Waals surface area contributed by atoms with E-state index < -0.39 is 11.9 Å². The number of aliphatic hydroxyl groups is 1. The summed E-state index contributed by atoms with van der Waals surface area (Å²) in [5, 5.41) is 13.4. The van der Waals surface area contributed by atoms with Gasteiger partial charge in [0.1, 0.15) is 11.9 Å². The van der Waals surface area contributed by atoms with E-state index in [1.54, 1.807) is 42.5 Å². The third kappa shape index (κ3) is 5.00. The molecule has 0 bridgehead atoms. The van der Waals surface area contributed by atoms with Crippen LogP contribution in [0.25, 0.3) is 11.1 Å². The average molecular weight is 437 g/mol. The van der Waals surface area contributed by atoms with Crippen molar-refractivity contribution in [1.82, 2.24) is 0 Å². The molecule has 0 fully saturated rings. The van der Waals surface area contributed by atoms with Crippen molar-refractivity contribution in [3.8, 4) is 16.9 Å². The van der Waals surface area contributed by atoms with Gasteiger partial charge in [0.25, 0.3) is 5.91 Å². The van der Waals surface area contributed by atoms with Crippen molar-refractivity contribution in [3.05, 3.63) is 120 Å². The zero-order valence-electron chi connectivity index (χ0n) is 18.1. The normalized spacial score (nSPS) is 11.5. The number of carbonyl (C=O) groups excluding carboxylic acids is 2. The van der Waals surface area contributed by atoms with Gasteiger partial charge < -0.3 is 15.2 Å². The predicted molar refractivity (Wildman–Crippen MR) is 129 cm³/mol. The number of aliphatic hydroxyl groups excluding tert-OH is 1. The summed E-state index contributed by atoms with van der Waals surface area (Å²) in [7, 11) is 1.44. The lowest BCUT2D eigenvalue weighted by Crippen LogP contribution is -2.16. The number of amides is 1. The zero-order chi connectivity index (χ0) is 23.2. The maximum Gasteiger partial charge on any atom is 0.255 e. The molecule has 0 saturated heterocycles. The van der Waals surface area contributed by atoms with Crippen LogP contribution in [0.3, 0.4) is 0 Å². The molecule has 5 heteroatoms. The molecule has 2 N–H and O–H groups in total. The van der Waals surface area contributed by atoms with Gasteiger partial charge in [-0.25, -0.2) is 0 Å². The van der Waals surface area contributed by atoms with Crippen LogP contribution in [0.5, 0.6) is 5.75 Å². The Balaban J connectivity index is 1.54. The number of methoxy groups -OCH3 is 1. The van der Waals surface area contributed by atoms with Crippen LogP contribution in [0.15, 0.2) is 103 Å². The minimum absolute atomic E-state index is 0.140. The van der Waals surface area contributed by atoms with Crippen molar-refractivity contribution in [1.29, 1.82) is 0 Å². The van der Waals surface area contributed by atoms with E-state index in [9.17, 15) is 14.7 Å². The number of ether oxygens (including phenoxy) is 1. The number of carbonyl (C=O) groups is 2. The molecule has 0 aromatic heterocycles. The molecule has 0 heterocycles. The van der Waals surface area contributed by atoms with Crippen molar-refractivity contribution in [2.45, 2.75) is 6.10 Å². The van der Waals surface area contributed by atoms with Crippen LogP contribution in [0.2, 0.25) is 0 Å². The van der Waals surface area contributed by atoms with E-state index in [2.05, 4.69) is 5.32 Å². The highest BCUT2D eigenvalue weighted by Gasteiger charge is 2.23. The number of rotatable bonds is 7. The number of hydrogen-bond acceptors (Lipinski definition) is 4. The molecule has 33 heavy (non-hydrogen) atoms. The average Bonchev–Trinajstić information content (AvgIpc) is 2.89. The van der Waals surface area contributed by atoms with E-state index in [1.807, 2.05) is 54.6 Å². The van der Waals surface area contributed by atoms with E-state index in [4.69, 9.17) is 4.74 Å². The monoisotopic (exact) mass is 437 g/mol. The van der Waals surface area contributed by atoms with E-state index in [-0.39, 0.29) is 17.0 Å². The van der Waals surface area contributed by atoms with Gasteiger partial charge in [0.2, 0.25) is 0 Å². The highest BCUT2D eigenvalue weighted by Crippen LogP contribution is 2.27. The summed E-state index contributed by atoms with van der Waals surface area (Å²) >= 11 is 0. The fourth-order valence-electron chi connectivity index (χ4n) is 3.56. The first kappa shape index (κ1) is 22.0. The van der Waals surface area contributed by atoms with Gasteiger partial charge in [-0.15, -0.1) is 0 Å². The van der Waals surface area contributed by atoms with Gasteiger partial charge in [0.15, 0.2) is 5.78 Å². The first-order chi connectivity index (χ1) is 16.1. The Hall–Kier alpha value is -4.22. The molecule has 4 aromatic carbocycles. The molecule has 1 atom stereocenters. The van der Waals surface area contributed by atoms with Gasteiger partial charge in [-0.3, -0.25) is 9.59 Å². The van der Waals surface area contributed by atoms with Gasteiger partial charge in [0.05, 0.1) is 12.7 Å². The molecule has 164 valence electrons. The van der Waals surface area contributed by atoms with Crippen LogP contribution in [0.1, 0.15) is 32.4 Å². The predicted octanol–water partition coefficient (Wildman–Crippen LogP) is 5.53. The Morgan fingerprint density at radius 1 is 0.788 bits per heavy atom. The second kappa shape index (κ2) is 9.94. The number of ketones is 1. The Labute approximate surface area is 192 Å². The summed E-state index contributed by atoms with van der Waals surface area (Å²) in [6.45, 7) is 0. The Bertz CT molecular complexity index is 1250. The van der Waals surface area contributed by atoms with Crippen LogP contribution in [-0.4, -0.2) is 23.9 Å². The summed E-state index contributed by atoms with van der Waals surface area (Å²) in [5.74, 6) is -0.618. The number of nitrogens with one attached hydrogen (secondary N) is 1. The maximum absolute atomic E-state index is 13.0. The highest BCUT2D eigenvalue weighted by molar-refractivity contribution is 6.08. The summed E-state index contributed by atoms with van der Waals surface area (Å²) in [6, 6.07) is 30.7. The zero-order valence-corrected chi connectivity index (χ0v) is 18.1. The van der Waals surface area contributed by atoms with Crippen LogP contribution in [-0.2, 0) is 0 Å². The first-order valence-electron chi connectivity index (χ1n) is 10.5. The van der Waals surface area contributed by atoms with Gasteiger partial charge in [0, 0.05) is 11.3 Å². The summed E-state index contributed by atoms with van der Waals surface area (Å²) < 4.78 is 5.30. The number of benzene rings is 4. The van der Waals surface area contributed by atoms with Gasteiger partial charge in [-0.2, -0.15) is 0 Å². The second-order valence-corrected chi connectivity index (χ2v) is 7.49. The summed E-state index contributed by atoms with van der Waals surface area (Å²) in [4.78, 5) is 25.8. The smallest absolute Gasteiger partial charge is 0.255 e. The van der Waals surface area contributed by atoms with Crippen LogP contribution < -0.4 is 10.1 Å². The standard InChI is InChI=1S/C28H23NO4/c1-33-25-17-14-22(18-24(25)27(31)26(30)21-10-6-3-7-11-21)28(32)29-23-15-12-20(13-16-23)19-8-4-2-5-9-19/h2-18,26,30H,1H3,(H,29,32). The van der Waals surface area contributed by atoms with Crippen molar-refractivity contribution in [2.24, 2.45) is 0 Å². The molecule has 4 rings (SSSR count). The van der Waals surface area contributed by atoms with E-state index in [1.165, 1.54) is 13.2 Å². The number of anilines is 1. The fraction of sp³-hybridized carbons (Fsp3) is 0.0714. The molecule has 0 aliphatic carbocycles. The summed E-state index contributed by atoms with van der Waals surface area (Å²) in [5.41, 5.74) is 3.66. The molecule has 0 aliphatic rings. The molecule has 0 radical (unpaired) electrons. The minimum Gasteiger partial charge on any atom is -0.496 e. The highest BCUT2D eigenvalue weighted by atomic mass is 16.5. The second-order valence-electron chi connectivity index (χ2n) is 7.49. The number of Topliss-reactive ketones (excluding diaryl/α,β-unsaturated/α-hetero) is 1. The quantitative estimate of drug-likeness (QED) is 0.373. The van der Waals surface area contributed by atoms with E-state index in [0.29, 0.717) is 17.0 Å². The molecule has 0 spiro atoms. The van der Waals surface area contributed by atoms with E-state index in [0.717, 1.165) is 11.1 Å². The van der Waals surface area contributed by atoms with Gasteiger partial charge >= 0.3 is 0 Å². The van der Waals surface area contributed by atoms with Crippen LogP contribution in [0.4, 0.5) is 5.69 Å². The molecule has 1 unspecified atom stereocenters. The van der Waals surface area contributed by atoms with Gasteiger partial charge in [-0.1, -0.05) is 72.8 Å². The molecule has 4 aromatic rings. The lowest BCUT2D eigenvalue weighted by Gasteiger charge is -2.14. The number of hydrogen-bond donors (Lipinski definition) is 2. The first-order valence-corrected chi connectivity index (χ1v) is 10.5. The molecule has 0 saturated carbocycles. The van der Waals surface area contributed by atoms with E-state index >= 15 is 0 Å². The van der Waals surface area contributed by atoms with Gasteiger partial charge in [-0.05, 0) is 47.0 Å². The van der Waals surface area contributed by atoms with Crippen LogP contribution >= 0.6 is 0 Å². The van der Waals surface area contributed by atoms with Crippen LogP contribution in [0, 0.1) is 0 Å². The van der Waals surface area contributed by atoms with Crippen molar-refractivity contribution in [3.63, 3.8) is 0 Å². The molecule has 5 nitrogen and oxygen atoms in total. The SMILES string of the molecule is COc1ccc(C(=O)Nc2ccc(-c3ccccc3)cc2)cc1C(=O)C(O)c1ccccc1. The maximum atomic E-state index is 13.0. The lowest BCUT2D eigenvalue weighted by molar-refractivity contribution is 0.0744. The van der Waals surface area contributed by atoms with Crippen molar-refractivity contribution in [2.75, 3.05) is 12.4 Å². The fourth-order valence-corrected chi connectivity index (χ4v) is 3.56. The Morgan fingerprint density at radius 3 is 2.03 bits per heavy atom. The third-order valence-corrected chi connectivity index (χ3v) is 5.34. The molecular weight excluding hydrogens is 414 g/mol. The molecular formula is C28H23NO4. The summed E-state index contributed by atoms with van der Waals surface area (Å²) in [6.07, 6.45) is -1.36. The lowest BCUT2D eigenvalue weighted by atomic mass is 9.97. The topological polar surface area (TPSA) is 75.6 Å². The Kier molecular flexibility index (Phi) is 6.62. The largest absolute Gasteiger partial charge is 0.496 e. The minimum atomic E-state index is -1.36. The molecule has 1 amide bonds.